The second kappa shape index (κ2) is 5.31. The molecule has 1 heterocycles. The largest absolute Gasteiger partial charge is 0.487 e. The predicted molar refractivity (Wildman–Crippen MR) is 66.6 cm³/mol. The van der Waals surface area contributed by atoms with Crippen molar-refractivity contribution in [1.29, 1.82) is 0 Å². The monoisotopic (exact) mass is 298 g/mol. The molecule has 0 aliphatic carbocycles. The molecule has 5 heteroatoms. The van der Waals surface area contributed by atoms with Crippen LogP contribution in [0, 0.1) is 5.82 Å². The molecule has 0 fully saturated rings. The van der Waals surface area contributed by atoms with Gasteiger partial charge in [0.2, 0.25) is 0 Å². The summed E-state index contributed by atoms with van der Waals surface area (Å²) in [5.74, 6) is 0.415. The van der Waals surface area contributed by atoms with Gasteiger partial charge in [-0.15, -0.1) is 0 Å². The molecule has 0 atom stereocenters. The zero-order valence-corrected chi connectivity index (χ0v) is 10.9. The van der Waals surface area contributed by atoms with Crippen molar-refractivity contribution in [3.63, 3.8) is 0 Å². The number of ether oxygens (including phenoxy) is 1. The van der Waals surface area contributed by atoms with E-state index in [2.05, 4.69) is 21.0 Å². The molecule has 0 saturated carbocycles. The second-order valence-corrected chi connectivity index (χ2v) is 4.22. The lowest BCUT2D eigenvalue weighted by molar-refractivity contribution is 0.297. The molecule has 3 nitrogen and oxygen atoms in total. The van der Waals surface area contributed by atoms with Gasteiger partial charge in [-0.1, -0.05) is 15.9 Å². The van der Waals surface area contributed by atoms with Gasteiger partial charge in [-0.3, -0.25) is 4.68 Å². The molecule has 0 aliphatic heterocycles. The molecule has 1 aromatic heterocycles. The van der Waals surface area contributed by atoms with Crippen LogP contribution in [0.5, 0.6) is 5.75 Å². The third-order valence-electron chi connectivity index (χ3n) is 2.31. The van der Waals surface area contributed by atoms with Gasteiger partial charge in [-0.2, -0.15) is 5.10 Å². The third kappa shape index (κ3) is 3.06. The second-order valence-electron chi connectivity index (χ2n) is 3.66. The summed E-state index contributed by atoms with van der Waals surface area (Å²) in [6.45, 7) is 0.381. The number of aryl methyl sites for hydroxylation is 1. The number of halogens is 2. The first-order chi connectivity index (χ1) is 8.19. The highest BCUT2D eigenvalue weighted by molar-refractivity contribution is 9.08. The van der Waals surface area contributed by atoms with Crippen molar-refractivity contribution in [3.8, 4) is 5.75 Å². The van der Waals surface area contributed by atoms with Crippen molar-refractivity contribution in [3.05, 3.63) is 47.5 Å². The van der Waals surface area contributed by atoms with E-state index < -0.39 is 0 Å². The summed E-state index contributed by atoms with van der Waals surface area (Å²) in [6.07, 6.45) is 1.86. The van der Waals surface area contributed by atoms with E-state index >= 15 is 0 Å². The smallest absolute Gasteiger partial charge is 0.132 e. The number of rotatable bonds is 4. The number of benzene rings is 1. The highest BCUT2D eigenvalue weighted by Crippen LogP contribution is 2.22. The zero-order chi connectivity index (χ0) is 12.3. The molecule has 90 valence electrons. The Labute approximate surface area is 107 Å². The standard InChI is InChI=1S/C12H12BrFN2O/c1-16-5-4-11(15-16)8-17-12-3-2-10(14)6-9(12)7-13/h2-6H,7-8H2,1H3. The number of alkyl halides is 1. The fourth-order valence-corrected chi connectivity index (χ4v) is 1.92. The summed E-state index contributed by atoms with van der Waals surface area (Å²) >= 11 is 3.31. The van der Waals surface area contributed by atoms with E-state index in [1.165, 1.54) is 12.1 Å². The Bertz CT molecular complexity index is 513. The van der Waals surface area contributed by atoms with Crippen LogP contribution in [0.3, 0.4) is 0 Å². The van der Waals surface area contributed by atoms with E-state index in [0.717, 1.165) is 11.3 Å². The molecular formula is C12H12BrFN2O. The maximum atomic E-state index is 13.0. The number of aromatic nitrogens is 2. The molecule has 2 aromatic rings. The first kappa shape index (κ1) is 12.1. The Balaban J connectivity index is 2.08. The Hall–Kier alpha value is -1.36. The quantitative estimate of drug-likeness (QED) is 0.811. The van der Waals surface area contributed by atoms with Crippen LogP contribution in [-0.4, -0.2) is 9.78 Å². The van der Waals surface area contributed by atoms with Gasteiger partial charge in [0.05, 0.1) is 5.69 Å². The minimum absolute atomic E-state index is 0.260. The van der Waals surface area contributed by atoms with Gasteiger partial charge >= 0.3 is 0 Å². The van der Waals surface area contributed by atoms with Crippen molar-refractivity contribution < 1.29 is 9.13 Å². The lowest BCUT2D eigenvalue weighted by Gasteiger charge is -2.08. The topological polar surface area (TPSA) is 27.1 Å². The summed E-state index contributed by atoms with van der Waals surface area (Å²) in [5.41, 5.74) is 1.64. The van der Waals surface area contributed by atoms with Crippen molar-refractivity contribution in [1.82, 2.24) is 9.78 Å². The Kier molecular flexibility index (Phi) is 3.78. The van der Waals surface area contributed by atoms with Gasteiger partial charge in [-0.25, -0.2) is 4.39 Å². The first-order valence-electron chi connectivity index (χ1n) is 5.15. The van der Waals surface area contributed by atoms with Crippen LogP contribution in [0.25, 0.3) is 0 Å². The molecule has 0 spiro atoms. The number of hydrogen-bond acceptors (Lipinski definition) is 2. The summed E-state index contributed by atoms with van der Waals surface area (Å²) in [5, 5.41) is 4.76. The van der Waals surface area contributed by atoms with Gasteiger partial charge in [0.1, 0.15) is 18.2 Å². The molecule has 1 aromatic carbocycles. The molecule has 0 radical (unpaired) electrons. The van der Waals surface area contributed by atoms with Gasteiger partial charge in [0, 0.05) is 24.1 Å². The summed E-state index contributed by atoms with van der Waals surface area (Å²) in [4.78, 5) is 0. The Morgan fingerprint density at radius 3 is 2.88 bits per heavy atom. The van der Waals surface area contributed by atoms with Crippen LogP contribution < -0.4 is 4.74 Å². The van der Waals surface area contributed by atoms with Gasteiger partial charge < -0.3 is 4.74 Å². The molecule has 0 amide bonds. The molecule has 0 unspecified atom stereocenters. The SMILES string of the molecule is Cn1ccc(COc2ccc(F)cc2CBr)n1. The third-order valence-corrected chi connectivity index (χ3v) is 2.92. The minimum atomic E-state index is -0.260. The van der Waals surface area contributed by atoms with Crippen LogP contribution in [-0.2, 0) is 19.0 Å². The highest BCUT2D eigenvalue weighted by atomic mass is 79.9. The van der Waals surface area contributed by atoms with Crippen molar-refractivity contribution in [2.45, 2.75) is 11.9 Å². The van der Waals surface area contributed by atoms with Crippen LogP contribution in [0.1, 0.15) is 11.3 Å². The van der Waals surface area contributed by atoms with Crippen molar-refractivity contribution >= 4 is 15.9 Å². The molecule has 0 N–H and O–H groups in total. The van der Waals surface area contributed by atoms with E-state index in [4.69, 9.17) is 4.74 Å². The highest BCUT2D eigenvalue weighted by Gasteiger charge is 2.05. The fourth-order valence-electron chi connectivity index (χ4n) is 1.49. The molecule has 2 rings (SSSR count). The van der Waals surface area contributed by atoms with E-state index in [1.807, 2.05) is 19.3 Å². The maximum Gasteiger partial charge on any atom is 0.132 e. The molecule has 17 heavy (non-hydrogen) atoms. The number of nitrogens with zero attached hydrogens (tertiary/aromatic N) is 2. The van der Waals surface area contributed by atoms with Crippen molar-refractivity contribution in [2.24, 2.45) is 7.05 Å². The maximum absolute atomic E-state index is 13.0. The molecule has 0 bridgehead atoms. The predicted octanol–water partition coefficient (Wildman–Crippen LogP) is 3.03. The summed E-state index contributed by atoms with van der Waals surface area (Å²) in [7, 11) is 1.85. The average molecular weight is 299 g/mol. The first-order valence-corrected chi connectivity index (χ1v) is 6.27. The van der Waals surface area contributed by atoms with Gasteiger partial charge in [0.25, 0.3) is 0 Å². The normalized spacial score (nSPS) is 10.5. The molecule has 0 aliphatic rings. The van der Waals surface area contributed by atoms with E-state index in [0.29, 0.717) is 17.7 Å². The fraction of sp³-hybridized carbons (Fsp3) is 0.250. The van der Waals surface area contributed by atoms with Gasteiger partial charge in [-0.05, 0) is 24.3 Å². The lowest BCUT2D eigenvalue weighted by Crippen LogP contribution is -2.00. The van der Waals surface area contributed by atoms with Crippen LogP contribution in [0.15, 0.2) is 30.5 Å². The summed E-state index contributed by atoms with van der Waals surface area (Å²) in [6, 6.07) is 6.37. The Morgan fingerprint density at radius 2 is 2.24 bits per heavy atom. The van der Waals surface area contributed by atoms with E-state index in [-0.39, 0.29) is 5.82 Å². The molecule has 0 saturated heterocycles. The average Bonchev–Trinajstić information content (AvgIpc) is 2.73. The summed E-state index contributed by atoms with van der Waals surface area (Å²) < 4.78 is 20.3. The Morgan fingerprint density at radius 1 is 1.41 bits per heavy atom. The zero-order valence-electron chi connectivity index (χ0n) is 9.36. The molecular weight excluding hydrogens is 287 g/mol. The van der Waals surface area contributed by atoms with Crippen molar-refractivity contribution in [2.75, 3.05) is 0 Å². The van der Waals surface area contributed by atoms with Gasteiger partial charge in [0.15, 0.2) is 0 Å². The number of hydrogen-bond donors (Lipinski definition) is 0. The lowest BCUT2D eigenvalue weighted by atomic mass is 10.2. The van der Waals surface area contributed by atoms with E-state index in [1.54, 1.807) is 10.7 Å². The van der Waals surface area contributed by atoms with Crippen LogP contribution in [0.2, 0.25) is 0 Å². The van der Waals surface area contributed by atoms with Crippen LogP contribution >= 0.6 is 15.9 Å². The van der Waals surface area contributed by atoms with E-state index in [9.17, 15) is 4.39 Å². The minimum Gasteiger partial charge on any atom is -0.487 e. The van der Waals surface area contributed by atoms with Crippen LogP contribution in [0.4, 0.5) is 4.39 Å².